The summed E-state index contributed by atoms with van der Waals surface area (Å²) in [5.74, 6) is -1.05. The van der Waals surface area contributed by atoms with E-state index in [-0.39, 0.29) is 23.9 Å². The fraction of sp³-hybridized carbons (Fsp3) is 0.300. The van der Waals surface area contributed by atoms with Crippen LogP contribution in [0.15, 0.2) is 42.5 Å². The second kappa shape index (κ2) is 7.77. The van der Waals surface area contributed by atoms with E-state index >= 15 is 0 Å². The van der Waals surface area contributed by atoms with Crippen LogP contribution < -0.4 is 5.32 Å². The van der Waals surface area contributed by atoms with Gasteiger partial charge in [-0.15, -0.1) is 0 Å². The van der Waals surface area contributed by atoms with Gasteiger partial charge in [0.25, 0.3) is 0 Å². The standard InChI is InChI=1S/C20H23NO3/c1-13-8-9-17(12-14(13)2)15(3)21-19(22)11-10-16-6-4-5-7-18(16)20(23)24/h4-9,12,15H,10-11H2,1-3H3,(H,21,22)(H,23,24). The molecule has 4 nitrogen and oxygen atoms in total. The maximum atomic E-state index is 12.2. The quantitative estimate of drug-likeness (QED) is 0.848. The van der Waals surface area contributed by atoms with Crippen molar-refractivity contribution in [2.24, 2.45) is 0 Å². The van der Waals surface area contributed by atoms with Crippen LogP contribution >= 0.6 is 0 Å². The lowest BCUT2D eigenvalue weighted by molar-refractivity contribution is -0.121. The number of nitrogens with one attached hydrogen (secondary N) is 1. The lowest BCUT2D eigenvalue weighted by atomic mass is 10.0. The third-order valence-corrected chi connectivity index (χ3v) is 4.28. The zero-order chi connectivity index (χ0) is 17.7. The van der Waals surface area contributed by atoms with Gasteiger partial charge in [-0.25, -0.2) is 4.79 Å². The number of rotatable bonds is 6. The molecule has 1 amide bonds. The van der Waals surface area contributed by atoms with Gasteiger partial charge in [0, 0.05) is 6.42 Å². The normalized spacial score (nSPS) is 11.8. The molecule has 0 radical (unpaired) electrons. The van der Waals surface area contributed by atoms with Crippen molar-refractivity contribution in [3.05, 3.63) is 70.3 Å². The van der Waals surface area contributed by atoms with E-state index in [4.69, 9.17) is 0 Å². The molecule has 2 aromatic carbocycles. The van der Waals surface area contributed by atoms with Crippen LogP contribution in [0.25, 0.3) is 0 Å². The van der Waals surface area contributed by atoms with Gasteiger partial charge in [0.05, 0.1) is 11.6 Å². The number of hydrogen-bond donors (Lipinski definition) is 2. The monoisotopic (exact) mass is 325 g/mol. The van der Waals surface area contributed by atoms with Gasteiger partial charge in [-0.1, -0.05) is 36.4 Å². The SMILES string of the molecule is Cc1ccc(C(C)NC(=O)CCc2ccccc2C(=O)O)cc1C. The van der Waals surface area contributed by atoms with Crippen molar-refractivity contribution in [1.29, 1.82) is 0 Å². The number of aryl methyl sites for hydroxylation is 3. The second-order valence-electron chi connectivity index (χ2n) is 6.10. The molecule has 0 aliphatic heterocycles. The molecule has 0 bridgehead atoms. The fourth-order valence-corrected chi connectivity index (χ4v) is 2.63. The van der Waals surface area contributed by atoms with Crippen molar-refractivity contribution in [3.8, 4) is 0 Å². The topological polar surface area (TPSA) is 66.4 Å². The maximum Gasteiger partial charge on any atom is 0.335 e. The third kappa shape index (κ3) is 4.44. The van der Waals surface area contributed by atoms with Gasteiger partial charge < -0.3 is 10.4 Å². The molecule has 126 valence electrons. The first-order valence-electron chi connectivity index (χ1n) is 8.06. The van der Waals surface area contributed by atoms with Crippen LogP contribution in [0.4, 0.5) is 0 Å². The van der Waals surface area contributed by atoms with E-state index < -0.39 is 5.97 Å². The Morgan fingerprint density at radius 1 is 1.08 bits per heavy atom. The first kappa shape index (κ1) is 17.7. The van der Waals surface area contributed by atoms with Crippen molar-refractivity contribution in [2.45, 2.75) is 39.7 Å². The molecule has 2 rings (SSSR count). The van der Waals surface area contributed by atoms with E-state index in [1.165, 1.54) is 11.1 Å². The minimum absolute atomic E-state index is 0.0773. The summed E-state index contributed by atoms with van der Waals surface area (Å²) in [6.45, 7) is 6.06. The molecular weight excluding hydrogens is 302 g/mol. The number of carboxylic acid groups (broad SMARTS) is 1. The molecule has 0 aromatic heterocycles. The Labute approximate surface area is 142 Å². The van der Waals surface area contributed by atoms with Crippen LogP contribution in [-0.4, -0.2) is 17.0 Å². The van der Waals surface area contributed by atoms with Crippen molar-refractivity contribution in [2.75, 3.05) is 0 Å². The highest BCUT2D eigenvalue weighted by atomic mass is 16.4. The first-order chi connectivity index (χ1) is 11.4. The Kier molecular flexibility index (Phi) is 5.74. The van der Waals surface area contributed by atoms with Crippen LogP contribution in [-0.2, 0) is 11.2 Å². The van der Waals surface area contributed by atoms with Crippen LogP contribution in [0.3, 0.4) is 0 Å². The highest BCUT2D eigenvalue weighted by Crippen LogP contribution is 2.17. The molecule has 0 saturated carbocycles. The molecule has 4 heteroatoms. The van der Waals surface area contributed by atoms with Gasteiger partial charge in [0.1, 0.15) is 0 Å². The lowest BCUT2D eigenvalue weighted by Crippen LogP contribution is -2.27. The largest absolute Gasteiger partial charge is 0.478 e. The molecule has 0 aliphatic carbocycles. The number of carbonyl (C=O) groups is 2. The van der Waals surface area contributed by atoms with E-state index in [2.05, 4.69) is 31.3 Å². The van der Waals surface area contributed by atoms with Gasteiger partial charge in [0.15, 0.2) is 0 Å². The summed E-state index contributed by atoms with van der Waals surface area (Å²) in [5.41, 5.74) is 4.43. The van der Waals surface area contributed by atoms with Crippen molar-refractivity contribution >= 4 is 11.9 Å². The van der Waals surface area contributed by atoms with Gasteiger partial charge in [-0.05, 0) is 55.5 Å². The Balaban J connectivity index is 1.96. The van der Waals surface area contributed by atoms with E-state index in [1.54, 1.807) is 24.3 Å². The minimum atomic E-state index is -0.963. The van der Waals surface area contributed by atoms with Crippen molar-refractivity contribution in [1.82, 2.24) is 5.32 Å². The molecule has 1 atom stereocenters. The van der Waals surface area contributed by atoms with Crippen LogP contribution in [0, 0.1) is 13.8 Å². The number of carboxylic acids is 1. The average molecular weight is 325 g/mol. The number of aromatic carboxylic acids is 1. The summed E-state index contributed by atoms with van der Waals surface area (Å²) in [7, 11) is 0. The van der Waals surface area contributed by atoms with Crippen LogP contribution in [0.2, 0.25) is 0 Å². The Bertz CT molecular complexity index is 752. The van der Waals surface area contributed by atoms with Gasteiger partial charge in [-0.3, -0.25) is 4.79 Å². The summed E-state index contributed by atoms with van der Waals surface area (Å²) in [6, 6.07) is 12.9. The van der Waals surface area contributed by atoms with Crippen LogP contribution in [0.5, 0.6) is 0 Å². The number of hydrogen-bond acceptors (Lipinski definition) is 2. The van der Waals surface area contributed by atoms with Crippen LogP contribution in [0.1, 0.15) is 52.0 Å². The maximum absolute atomic E-state index is 12.2. The zero-order valence-electron chi connectivity index (χ0n) is 14.3. The zero-order valence-corrected chi connectivity index (χ0v) is 14.3. The predicted octanol–water partition coefficient (Wildman–Crippen LogP) is 3.81. The summed E-state index contributed by atoms with van der Waals surface area (Å²) < 4.78 is 0. The molecule has 0 fully saturated rings. The molecule has 2 aromatic rings. The molecule has 1 unspecified atom stereocenters. The molecule has 0 saturated heterocycles. The third-order valence-electron chi connectivity index (χ3n) is 4.28. The smallest absolute Gasteiger partial charge is 0.335 e. The molecule has 0 spiro atoms. The van der Waals surface area contributed by atoms with E-state index in [9.17, 15) is 14.7 Å². The molecular formula is C20H23NO3. The summed E-state index contributed by atoms with van der Waals surface area (Å²) in [4.78, 5) is 23.4. The minimum Gasteiger partial charge on any atom is -0.478 e. The van der Waals surface area contributed by atoms with Crippen molar-refractivity contribution < 1.29 is 14.7 Å². The summed E-state index contributed by atoms with van der Waals surface area (Å²) >= 11 is 0. The van der Waals surface area contributed by atoms with E-state index in [0.29, 0.717) is 12.0 Å². The van der Waals surface area contributed by atoms with Gasteiger partial charge in [0.2, 0.25) is 5.91 Å². The molecule has 24 heavy (non-hydrogen) atoms. The van der Waals surface area contributed by atoms with E-state index in [1.807, 2.05) is 13.0 Å². The number of carbonyl (C=O) groups excluding carboxylic acids is 1. The van der Waals surface area contributed by atoms with Gasteiger partial charge in [-0.2, -0.15) is 0 Å². The molecule has 2 N–H and O–H groups in total. The number of benzene rings is 2. The molecule has 0 heterocycles. The van der Waals surface area contributed by atoms with Gasteiger partial charge >= 0.3 is 5.97 Å². The highest BCUT2D eigenvalue weighted by Gasteiger charge is 2.13. The van der Waals surface area contributed by atoms with Crippen molar-refractivity contribution in [3.63, 3.8) is 0 Å². The molecule has 0 aliphatic rings. The number of amides is 1. The average Bonchev–Trinajstić information content (AvgIpc) is 2.55. The summed E-state index contributed by atoms with van der Waals surface area (Å²) in [6.07, 6.45) is 0.674. The Hall–Kier alpha value is -2.62. The Morgan fingerprint density at radius 3 is 2.46 bits per heavy atom. The second-order valence-corrected chi connectivity index (χ2v) is 6.10. The lowest BCUT2D eigenvalue weighted by Gasteiger charge is -2.16. The Morgan fingerprint density at radius 2 is 1.79 bits per heavy atom. The van der Waals surface area contributed by atoms with E-state index in [0.717, 1.165) is 5.56 Å². The predicted molar refractivity (Wildman–Crippen MR) is 94.2 cm³/mol. The first-order valence-corrected chi connectivity index (χ1v) is 8.06. The summed E-state index contributed by atoms with van der Waals surface area (Å²) in [5, 5.41) is 12.1. The highest BCUT2D eigenvalue weighted by molar-refractivity contribution is 5.89. The fourth-order valence-electron chi connectivity index (χ4n) is 2.63.